The molecule has 2 N–H and O–H groups in total. The first-order chi connectivity index (χ1) is 9.41. The van der Waals surface area contributed by atoms with Gasteiger partial charge in [0.25, 0.3) is 0 Å². The van der Waals surface area contributed by atoms with Crippen molar-refractivity contribution in [3.05, 3.63) is 30.1 Å². The van der Waals surface area contributed by atoms with Gasteiger partial charge in [-0.1, -0.05) is 13.0 Å². The number of sulfonamides is 1. The van der Waals surface area contributed by atoms with Gasteiger partial charge in [-0.2, -0.15) is 0 Å². The summed E-state index contributed by atoms with van der Waals surface area (Å²) < 4.78 is 25.9. The number of hydrogen-bond acceptors (Lipinski definition) is 4. The molecule has 0 aliphatic carbocycles. The molecule has 0 aliphatic rings. The van der Waals surface area contributed by atoms with Crippen LogP contribution in [0.4, 0.5) is 0 Å². The fourth-order valence-corrected chi connectivity index (χ4v) is 2.69. The molecule has 0 aliphatic heterocycles. The number of carboxylic acid groups (broad SMARTS) is 1. The average Bonchev–Trinajstić information content (AvgIpc) is 2.42. The van der Waals surface area contributed by atoms with Crippen LogP contribution in [-0.2, 0) is 21.2 Å². The Morgan fingerprint density at radius 3 is 2.80 bits per heavy atom. The number of rotatable bonds is 9. The van der Waals surface area contributed by atoms with Gasteiger partial charge in [-0.15, -0.1) is 0 Å². The Bertz CT molecular complexity index is 516. The summed E-state index contributed by atoms with van der Waals surface area (Å²) >= 11 is 0. The van der Waals surface area contributed by atoms with E-state index >= 15 is 0 Å². The topological polar surface area (TPSA) is 96.4 Å². The molecule has 1 aromatic heterocycles. The van der Waals surface area contributed by atoms with E-state index in [2.05, 4.69) is 9.71 Å². The van der Waals surface area contributed by atoms with Gasteiger partial charge in [0, 0.05) is 24.9 Å². The number of nitrogens with zero attached hydrogens (tertiary/aromatic N) is 1. The second kappa shape index (κ2) is 7.96. The predicted octanol–water partition coefficient (Wildman–Crippen LogP) is 1.04. The first-order valence-electron chi connectivity index (χ1n) is 6.51. The molecule has 112 valence electrons. The summed E-state index contributed by atoms with van der Waals surface area (Å²) in [6.45, 7) is 1.88. The Labute approximate surface area is 119 Å². The van der Waals surface area contributed by atoms with Crippen molar-refractivity contribution in [3.63, 3.8) is 0 Å². The molecule has 0 aromatic carbocycles. The third-order valence-corrected chi connectivity index (χ3v) is 4.30. The molecular weight excluding hydrogens is 280 g/mol. The third kappa shape index (κ3) is 6.63. The minimum absolute atomic E-state index is 0.0154. The Kier molecular flexibility index (Phi) is 6.60. The van der Waals surface area contributed by atoms with Crippen LogP contribution in [0.2, 0.25) is 0 Å². The van der Waals surface area contributed by atoms with Crippen LogP contribution < -0.4 is 4.72 Å². The van der Waals surface area contributed by atoms with Crippen molar-refractivity contribution >= 4 is 16.0 Å². The van der Waals surface area contributed by atoms with Crippen molar-refractivity contribution in [2.24, 2.45) is 5.92 Å². The summed E-state index contributed by atoms with van der Waals surface area (Å²) in [5.74, 6) is -1.32. The molecule has 20 heavy (non-hydrogen) atoms. The number of pyridine rings is 1. The molecule has 1 heterocycles. The SMILES string of the molecule is CC(CCCNS(=O)(=O)CCc1ccccn1)C(=O)O. The molecule has 7 heteroatoms. The van der Waals surface area contributed by atoms with Crippen molar-refractivity contribution < 1.29 is 18.3 Å². The van der Waals surface area contributed by atoms with Crippen LogP contribution in [0.1, 0.15) is 25.5 Å². The zero-order valence-corrected chi connectivity index (χ0v) is 12.3. The first-order valence-corrected chi connectivity index (χ1v) is 8.16. The molecule has 0 fully saturated rings. The highest BCUT2D eigenvalue weighted by Crippen LogP contribution is 2.05. The van der Waals surface area contributed by atoms with Gasteiger partial charge in [-0.05, 0) is 25.0 Å². The number of nitrogens with one attached hydrogen (secondary N) is 1. The molecule has 0 radical (unpaired) electrons. The zero-order valence-electron chi connectivity index (χ0n) is 11.4. The van der Waals surface area contributed by atoms with E-state index in [1.807, 2.05) is 6.07 Å². The Morgan fingerprint density at radius 1 is 1.45 bits per heavy atom. The van der Waals surface area contributed by atoms with Gasteiger partial charge in [-0.25, -0.2) is 13.1 Å². The fraction of sp³-hybridized carbons (Fsp3) is 0.538. The van der Waals surface area contributed by atoms with Crippen molar-refractivity contribution in [2.75, 3.05) is 12.3 Å². The summed E-state index contributed by atoms with van der Waals surface area (Å²) in [4.78, 5) is 14.7. The van der Waals surface area contributed by atoms with Crippen LogP contribution in [-0.4, -0.2) is 36.8 Å². The second-order valence-corrected chi connectivity index (χ2v) is 6.59. The van der Waals surface area contributed by atoms with E-state index in [4.69, 9.17) is 5.11 Å². The maximum atomic E-state index is 11.7. The van der Waals surface area contributed by atoms with Gasteiger partial charge in [0.05, 0.1) is 11.7 Å². The fourth-order valence-electron chi connectivity index (χ4n) is 1.62. The molecule has 1 aromatic rings. The predicted molar refractivity (Wildman–Crippen MR) is 75.8 cm³/mol. The van der Waals surface area contributed by atoms with Crippen molar-refractivity contribution in [3.8, 4) is 0 Å². The molecule has 0 amide bonds. The molecule has 0 spiro atoms. The molecule has 1 unspecified atom stereocenters. The van der Waals surface area contributed by atoms with Gasteiger partial charge in [0.15, 0.2) is 0 Å². The average molecular weight is 300 g/mol. The van der Waals surface area contributed by atoms with Gasteiger partial charge in [0.1, 0.15) is 0 Å². The Hall–Kier alpha value is -1.47. The van der Waals surface area contributed by atoms with Gasteiger partial charge in [-0.3, -0.25) is 9.78 Å². The molecular formula is C13H20N2O4S. The number of aromatic nitrogens is 1. The van der Waals surface area contributed by atoms with E-state index in [0.717, 1.165) is 5.69 Å². The summed E-state index contributed by atoms with van der Waals surface area (Å²) in [6.07, 6.45) is 2.96. The molecule has 6 nitrogen and oxygen atoms in total. The van der Waals surface area contributed by atoms with Crippen LogP contribution in [0.5, 0.6) is 0 Å². The minimum Gasteiger partial charge on any atom is -0.481 e. The standard InChI is InChI=1S/C13H20N2O4S/c1-11(13(16)17)5-4-9-15-20(18,19)10-7-12-6-2-3-8-14-12/h2-3,6,8,11,15H,4-5,7,9-10H2,1H3,(H,16,17). The normalized spacial score (nSPS) is 13.1. The number of hydrogen-bond donors (Lipinski definition) is 2. The van der Waals surface area contributed by atoms with E-state index in [-0.39, 0.29) is 12.3 Å². The van der Waals surface area contributed by atoms with E-state index in [9.17, 15) is 13.2 Å². The third-order valence-electron chi connectivity index (χ3n) is 2.91. The molecule has 0 saturated heterocycles. The highest BCUT2D eigenvalue weighted by Gasteiger charge is 2.13. The number of aliphatic carboxylic acids is 1. The van der Waals surface area contributed by atoms with Crippen molar-refractivity contribution in [2.45, 2.75) is 26.2 Å². The van der Waals surface area contributed by atoms with Gasteiger partial charge >= 0.3 is 5.97 Å². The monoisotopic (exact) mass is 300 g/mol. The van der Waals surface area contributed by atoms with E-state index in [1.54, 1.807) is 25.3 Å². The Morgan fingerprint density at radius 2 is 2.20 bits per heavy atom. The maximum absolute atomic E-state index is 11.7. The lowest BCUT2D eigenvalue weighted by Crippen LogP contribution is -2.28. The highest BCUT2D eigenvalue weighted by molar-refractivity contribution is 7.89. The number of aryl methyl sites for hydroxylation is 1. The largest absolute Gasteiger partial charge is 0.481 e. The molecule has 0 bridgehead atoms. The van der Waals surface area contributed by atoms with Crippen LogP contribution >= 0.6 is 0 Å². The van der Waals surface area contributed by atoms with Gasteiger partial charge in [0.2, 0.25) is 10.0 Å². The summed E-state index contributed by atoms with van der Waals surface area (Å²) in [7, 11) is -3.34. The zero-order chi connectivity index (χ0) is 15.0. The number of carboxylic acids is 1. The van der Waals surface area contributed by atoms with Crippen LogP contribution in [0.25, 0.3) is 0 Å². The molecule has 1 rings (SSSR count). The van der Waals surface area contributed by atoms with Crippen molar-refractivity contribution in [1.82, 2.24) is 9.71 Å². The van der Waals surface area contributed by atoms with Crippen LogP contribution in [0.15, 0.2) is 24.4 Å². The first kappa shape index (κ1) is 16.6. The lowest BCUT2D eigenvalue weighted by atomic mass is 10.1. The highest BCUT2D eigenvalue weighted by atomic mass is 32.2. The van der Waals surface area contributed by atoms with E-state index < -0.39 is 21.9 Å². The Balaban J connectivity index is 2.26. The van der Waals surface area contributed by atoms with E-state index in [1.165, 1.54) is 0 Å². The molecule has 1 atom stereocenters. The van der Waals surface area contributed by atoms with Gasteiger partial charge < -0.3 is 5.11 Å². The lowest BCUT2D eigenvalue weighted by Gasteiger charge is -2.08. The maximum Gasteiger partial charge on any atom is 0.306 e. The number of carbonyl (C=O) groups is 1. The van der Waals surface area contributed by atoms with Crippen LogP contribution in [0.3, 0.4) is 0 Å². The smallest absolute Gasteiger partial charge is 0.306 e. The van der Waals surface area contributed by atoms with Crippen LogP contribution in [0, 0.1) is 5.92 Å². The second-order valence-electron chi connectivity index (χ2n) is 4.67. The summed E-state index contributed by atoms with van der Waals surface area (Å²) in [5, 5.41) is 8.71. The van der Waals surface area contributed by atoms with E-state index in [0.29, 0.717) is 19.3 Å². The summed E-state index contributed by atoms with van der Waals surface area (Å²) in [6, 6.07) is 5.37. The lowest BCUT2D eigenvalue weighted by molar-refractivity contribution is -0.141. The quantitative estimate of drug-likeness (QED) is 0.664. The van der Waals surface area contributed by atoms with Crippen molar-refractivity contribution in [1.29, 1.82) is 0 Å². The minimum atomic E-state index is -3.34. The summed E-state index contributed by atoms with van der Waals surface area (Å²) in [5.41, 5.74) is 0.734. The molecule has 0 saturated carbocycles.